The summed E-state index contributed by atoms with van der Waals surface area (Å²) in [4.78, 5) is 4.06. The van der Waals surface area contributed by atoms with Gasteiger partial charge in [-0.15, -0.1) is 11.3 Å². The number of sulfonamides is 1. The second-order valence-electron chi connectivity index (χ2n) is 5.91. The molecule has 3 rings (SSSR count). The van der Waals surface area contributed by atoms with E-state index in [1.165, 1.54) is 0 Å². The van der Waals surface area contributed by atoms with E-state index in [0.29, 0.717) is 15.9 Å². The second kappa shape index (κ2) is 5.92. The van der Waals surface area contributed by atoms with Crippen molar-refractivity contribution in [2.75, 3.05) is 11.0 Å². The molecule has 0 radical (unpaired) electrons. The van der Waals surface area contributed by atoms with Crippen molar-refractivity contribution in [3.05, 3.63) is 18.2 Å². The van der Waals surface area contributed by atoms with Crippen molar-refractivity contribution in [3.63, 3.8) is 0 Å². The van der Waals surface area contributed by atoms with Crippen molar-refractivity contribution in [1.82, 2.24) is 15.8 Å². The predicted octanol–water partition coefficient (Wildman–Crippen LogP) is 0.695. The topological polar surface area (TPSA) is 117 Å². The lowest BCUT2D eigenvalue weighted by molar-refractivity contribution is 0.564. The number of anilines is 1. The Hall–Kier alpha value is -1.27. The molecular formula is C13H18N4O4S3. The van der Waals surface area contributed by atoms with Gasteiger partial charge in [-0.1, -0.05) is 0 Å². The molecule has 11 heteroatoms. The summed E-state index contributed by atoms with van der Waals surface area (Å²) in [5.41, 5.74) is 6.74. The maximum atomic E-state index is 12.6. The molecule has 1 aliphatic heterocycles. The standard InChI is InChI=1S/C13H18N4O4S3/c1-7-12(8(2)16-15-7)24(20,21)17-9-4-5-10-11(6-9)22-13(14-10)23(3,18)19/h4-8,12,15-17H,1-3H3. The first-order valence-corrected chi connectivity index (χ1v) is 11.5. The van der Waals surface area contributed by atoms with Gasteiger partial charge in [0.2, 0.25) is 24.2 Å². The Labute approximate surface area is 144 Å². The fourth-order valence-corrected chi connectivity index (χ4v) is 6.43. The van der Waals surface area contributed by atoms with E-state index in [9.17, 15) is 16.8 Å². The van der Waals surface area contributed by atoms with E-state index in [4.69, 9.17) is 0 Å². The van der Waals surface area contributed by atoms with Crippen LogP contribution in [0.1, 0.15) is 13.8 Å². The third kappa shape index (κ3) is 3.26. The number of hydrazine groups is 1. The van der Waals surface area contributed by atoms with Crippen molar-refractivity contribution in [2.45, 2.75) is 35.5 Å². The van der Waals surface area contributed by atoms with Crippen LogP contribution >= 0.6 is 11.3 Å². The van der Waals surface area contributed by atoms with E-state index in [1.807, 2.05) is 0 Å². The van der Waals surface area contributed by atoms with Gasteiger partial charge in [0, 0.05) is 18.3 Å². The molecule has 8 nitrogen and oxygen atoms in total. The predicted molar refractivity (Wildman–Crippen MR) is 94.3 cm³/mol. The van der Waals surface area contributed by atoms with Gasteiger partial charge in [-0.05, 0) is 32.0 Å². The maximum absolute atomic E-state index is 12.6. The molecule has 1 saturated heterocycles. The molecule has 132 valence electrons. The summed E-state index contributed by atoms with van der Waals surface area (Å²) < 4.78 is 51.6. The first-order valence-electron chi connectivity index (χ1n) is 7.21. The van der Waals surface area contributed by atoms with E-state index >= 15 is 0 Å². The van der Waals surface area contributed by atoms with Gasteiger partial charge in [-0.2, -0.15) is 0 Å². The highest BCUT2D eigenvalue weighted by Gasteiger charge is 2.40. The molecule has 1 aromatic heterocycles. The number of fused-ring (bicyclic) bond motifs is 1. The van der Waals surface area contributed by atoms with Crippen LogP contribution in [0.15, 0.2) is 22.5 Å². The van der Waals surface area contributed by atoms with Crippen LogP contribution in [-0.2, 0) is 19.9 Å². The Morgan fingerprint density at radius 3 is 2.33 bits per heavy atom. The molecule has 1 fully saturated rings. The SMILES string of the molecule is CC1NNC(C)C1S(=O)(=O)Nc1ccc2nc(S(C)(=O)=O)sc2c1. The zero-order chi connectivity index (χ0) is 17.7. The lowest BCUT2D eigenvalue weighted by Gasteiger charge is -2.19. The molecule has 0 amide bonds. The van der Waals surface area contributed by atoms with E-state index < -0.39 is 25.1 Å². The molecule has 0 saturated carbocycles. The van der Waals surface area contributed by atoms with Gasteiger partial charge < -0.3 is 0 Å². The summed E-state index contributed by atoms with van der Waals surface area (Å²) in [5.74, 6) is 0. The largest absolute Gasteiger partial charge is 0.283 e. The Kier molecular flexibility index (Phi) is 4.33. The highest BCUT2D eigenvalue weighted by atomic mass is 32.2. The van der Waals surface area contributed by atoms with Crippen LogP contribution in [0.25, 0.3) is 10.2 Å². The molecule has 0 bridgehead atoms. The number of nitrogens with one attached hydrogen (secondary N) is 3. The van der Waals surface area contributed by atoms with Crippen molar-refractivity contribution in [3.8, 4) is 0 Å². The summed E-state index contributed by atoms with van der Waals surface area (Å²) in [6.45, 7) is 3.59. The molecule has 0 aliphatic carbocycles. The van der Waals surface area contributed by atoms with Gasteiger partial charge in [-0.25, -0.2) is 21.8 Å². The molecular weight excluding hydrogens is 372 g/mol. The molecule has 2 heterocycles. The average Bonchev–Trinajstić information content (AvgIpc) is 3.01. The van der Waals surface area contributed by atoms with Gasteiger partial charge in [0.15, 0.2) is 0 Å². The lowest BCUT2D eigenvalue weighted by Crippen LogP contribution is -2.41. The maximum Gasteiger partial charge on any atom is 0.238 e. The lowest BCUT2D eigenvalue weighted by atomic mass is 10.2. The summed E-state index contributed by atoms with van der Waals surface area (Å²) in [7, 11) is -7.00. The van der Waals surface area contributed by atoms with Crippen LogP contribution in [0.5, 0.6) is 0 Å². The van der Waals surface area contributed by atoms with Gasteiger partial charge in [0.25, 0.3) is 0 Å². The summed E-state index contributed by atoms with van der Waals surface area (Å²) in [6, 6.07) is 4.32. The van der Waals surface area contributed by atoms with Crippen molar-refractivity contribution < 1.29 is 16.8 Å². The van der Waals surface area contributed by atoms with Gasteiger partial charge in [0.05, 0.1) is 15.9 Å². The molecule has 24 heavy (non-hydrogen) atoms. The Bertz CT molecular complexity index is 974. The fraction of sp³-hybridized carbons (Fsp3) is 0.462. The minimum atomic E-state index is -3.61. The zero-order valence-corrected chi connectivity index (χ0v) is 15.7. The fourth-order valence-electron chi connectivity index (χ4n) is 2.76. The Balaban J connectivity index is 1.93. The summed E-state index contributed by atoms with van der Waals surface area (Å²) in [5, 5.41) is -0.624. The molecule has 2 aromatic rings. The average molecular weight is 391 g/mol. The Morgan fingerprint density at radius 2 is 1.75 bits per heavy atom. The van der Waals surface area contributed by atoms with Crippen LogP contribution in [0, 0.1) is 0 Å². The van der Waals surface area contributed by atoms with Crippen molar-refractivity contribution in [2.24, 2.45) is 0 Å². The normalized spacial score (nSPS) is 25.2. The third-order valence-corrected chi connectivity index (χ3v) is 8.58. The number of thiazole rings is 1. The highest BCUT2D eigenvalue weighted by Crippen LogP contribution is 2.29. The number of benzene rings is 1. The van der Waals surface area contributed by atoms with Gasteiger partial charge in [0.1, 0.15) is 5.25 Å². The second-order valence-corrected chi connectivity index (χ2v) is 11.0. The number of rotatable bonds is 4. The number of sulfone groups is 1. The third-order valence-electron chi connectivity index (χ3n) is 3.83. The van der Waals surface area contributed by atoms with E-state index in [2.05, 4.69) is 20.6 Å². The molecule has 3 N–H and O–H groups in total. The van der Waals surface area contributed by atoms with E-state index in [-0.39, 0.29) is 16.4 Å². The van der Waals surface area contributed by atoms with Gasteiger partial charge >= 0.3 is 0 Å². The van der Waals surface area contributed by atoms with Crippen LogP contribution < -0.4 is 15.6 Å². The van der Waals surface area contributed by atoms with Crippen LogP contribution in [0.3, 0.4) is 0 Å². The number of hydrogen-bond donors (Lipinski definition) is 3. The Morgan fingerprint density at radius 1 is 1.12 bits per heavy atom. The first-order chi connectivity index (χ1) is 11.1. The quantitative estimate of drug-likeness (QED) is 0.703. The summed E-state index contributed by atoms with van der Waals surface area (Å²) in [6.07, 6.45) is 1.09. The van der Waals surface area contributed by atoms with Crippen LogP contribution in [-0.4, -0.2) is 45.4 Å². The smallest absolute Gasteiger partial charge is 0.238 e. The molecule has 0 spiro atoms. The van der Waals surface area contributed by atoms with Crippen molar-refractivity contribution in [1.29, 1.82) is 0 Å². The van der Waals surface area contributed by atoms with E-state index in [1.54, 1.807) is 32.0 Å². The zero-order valence-electron chi connectivity index (χ0n) is 13.3. The molecule has 1 aromatic carbocycles. The van der Waals surface area contributed by atoms with Crippen LogP contribution in [0.4, 0.5) is 5.69 Å². The number of nitrogens with zero attached hydrogens (tertiary/aromatic N) is 1. The number of aromatic nitrogens is 1. The molecule has 2 unspecified atom stereocenters. The monoisotopic (exact) mass is 390 g/mol. The minimum Gasteiger partial charge on any atom is -0.283 e. The van der Waals surface area contributed by atoms with E-state index in [0.717, 1.165) is 17.6 Å². The minimum absolute atomic E-state index is 0.0175. The molecule has 1 aliphatic rings. The van der Waals surface area contributed by atoms with Crippen molar-refractivity contribution >= 4 is 47.1 Å². The molecule has 2 atom stereocenters. The first kappa shape index (κ1) is 17.5. The van der Waals surface area contributed by atoms with Gasteiger partial charge in [-0.3, -0.25) is 15.6 Å². The summed E-state index contributed by atoms with van der Waals surface area (Å²) >= 11 is 1.02. The van der Waals surface area contributed by atoms with Crippen LogP contribution in [0.2, 0.25) is 0 Å². The highest BCUT2D eigenvalue weighted by molar-refractivity contribution is 7.93. The number of hydrogen-bond acceptors (Lipinski definition) is 8.